The van der Waals surface area contributed by atoms with Crippen LogP contribution in [0.2, 0.25) is 0 Å². The van der Waals surface area contributed by atoms with Crippen LogP contribution in [0.3, 0.4) is 0 Å². The predicted molar refractivity (Wildman–Crippen MR) is 67.1 cm³/mol. The molecule has 0 saturated heterocycles. The molecule has 0 unspecified atom stereocenters. The Morgan fingerprint density at radius 2 is 2.19 bits per heavy atom. The van der Waals surface area contributed by atoms with Gasteiger partial charge in [-0.25, -0.2) is 0 Å². The van der Waals surface area contributed by atoms with Gasteiger partial charge in [0.15, 0.2) is 0 Å². The Balaban J connectivity index is 2.22. The summed E-state index contributed by atoms with van der Waals surface area (Å²) < 4.78 is 5.62. The van der Waals surface area contributed by atoms with Crippen LogP contribution >= 0.6 is 0 Å². The molecule has 2 heteroatoms. The van der Waals surface area contributed by atoms with Gasteiger partial charge in [0.25, 0.3) is 0 Å². The average molecular weight is 217 g/mol. The number of benzene rings is 1. The summed E-state index contributed by atoms with van der Waals surface area (Å²) in [6.07, 6.45) is 3.10. The van der Waals surface area contributed by atoms with Crippen LogP contribution in [0.5, 0.6) is 5.75 Å². The van der Waals surface area contributed by atoms with E-state index in [-0.39, 0.29) is 0 Å². The van der Waals surface area contributed by atoms with Crippen molar-refractivity contribution in [1.29, 1.82) is 0 Å². The minimum atomic E-state index is 0.559. The first-order valence-corrected chi connectivity index (χ1v) is 5.68. The standard InChI is InChI=1S/C14H19NO/c1-2-3-4-5-6-10-16-14-9-7-8-13(11-14)12-15/h7-9,11H,4-6,10,12,15H2,1H3. The predicted octanol–water partition coefficient (Wildman–Crippen LogP) is 2.72. The molecule has 0 radical (unpaired) electrons. The molecule has 2 nitrogen and oxygen atoms in total. The van der Waals surface area contributed by atoms with Crippen molar-refractivity contribution in [3.05, 3.63) is 29.8 Å². The Hall–Kier alpha value is -1.46. The Morgan fingerprint density at radius 3 is 2.94 bits per heavy atom. The van der Waals surface area contributed by atoms with Gasteiger partial charge in [-0.2, -0.15) is 0 Å². The molecule has 86 valence electrons. The summed E-state index contributed by atoms with van der Waals surface area (Å²) >= 11 is 0. The first-order valence-electron chi connectivity index (χ1n) is 5.68. The molecule has 0 aliphatic carbocycles. The van der Waals surface area contributed by atoms with Gasteiger partial charge in [-0.15, -0.1) is 11.8 Å². The maximum absolute atomic E-state index is 5.62. The zero-order valence-corrected chi connectivity index (χ0v) is 9.83. The third-order valence-electron chi connectivity index (χ3n) is 2.28. The fourth-order valence-corrected chi connectivity index (χ4v) is 1.39. The molecule has 2 N–H and O–H groups in total. The molecular formula is C14H19NO. The average Bonchev–Trinajstić information content (AvgIpc) is 2.34. The monoisotopic (exact) mass is 217 g/mol. The molecule has 1 rings (SSSR count). The van der Waals surface area contributed by atoms with Crippen LogP contribution in [-0.2, 0) is 6.54 Å². The highest BCUT2D eigenvalue weighted by molar-refractivity contribution is 5.28. The van der Waals surface area contributed by atoms with Gasteiger partial charge in [0.2, 0.25) is 0 Å². The lowest BCUT2D eigenvalue weighted by Gasteiger charge is -2.06. The smallest absolute Gasteiger partial charge is 0.119 e. The van der Waals surface area contributed by atoms with Crippen LogP contribution in [0.1, 0.15) is 31.7 Å². The third-order valence-corrected chi connectivity index (χ3v) is 2.28. The molecule has 0 aliphatic rings. The molecule has 0 aliphatic heterocycles. The topological polar surface area (TPSA) is 35.2 Å². The van der Waals surface area contributed by atoms with Crippen molar-refractivity contribution < 1.29 is 4.74 Å². The zero-order valence-electron chi connectivity index (χ0n) is 9.83. The van der Waals surface area contributed by atoms with Gasteiger partial charge >= 0.3 is 0 Å². The van der Waals surface area contributed by atoms with Crippen molar-refractivity contribution in [3.8, 4) is 17.6 Å². The highest BCUT2D eigenvalue weighted by Gasteiger charge is 1.95. The normalized spacial score (nSPS) is 9.38. The largest absolute Gasteiger partial charge is 0.494 e. The van der Waals surface area contributed by atoms with Crippen molar-refractivity contribution in [3.63, 3.8) is 0 Å². The van der Waals surface area contributed by atoms with Crippen LogP contribution < -0.4 is 10.5 Å². The fourth-order valence-electron chi connectivity index (χ4n) is 1.39. The number of nitrogens with two attached hydrogens (primary N) is 1. The van der Waals surface area contributed by atoms with Crippen LogP contribution in [0.15, 0.2) is 24.3 Å². The lowest BCUT2D eigenvalue weighted by Crippen LogP contribution is -1.99. The Kier molecular flexibility index (Phi) is 6.13. The van der Waals surface area contributed by atoms with Crippen LogP contribution in [-0.4, -0.2) is 6.61 Å². The quantitative estimate of drug-likeness (QED) is 0.587. The molecular weight excluding hydrogens is 198 g/mol. The molecule has 1 aromatic rings. The van der Waals surface area contributed by atoms with E-state index in [2.05, 4.69) is 11.8 Å². The number of ether oxygens (including phenoxy) is 1. The molecule has 0 heterocycles. The van der Waals surface area contributed by atoms with Crippen molar-refractivity contribution in [2.75, 3.05) is 6.61 Å². The maximum Gasteiger partial charge on any atom is 0.119 e. The molecule has 0 aromatic heterocycles. The zero-order chi connectivity index (χ0) is 11.6. The van der Waals surface area contributed by atoms with Gasteiger partial charge < -0.3 is 10.5 Å². The third kappa shape index (κ3) is 4.86. The van der Waals surface area contributed by atoms with E-state index in [1.165, 1.54) is 0 Å². The van der Waals surface area contributed by atoms with Crippen molar-refractivity contribution in [1.82, 2.24) is 0 Å². The lowest BCUT2D eigenvalue weighted by atomic mass is 10.2. The van der Waals surface area contributed by atoms with E-state index in [0.29, 0.717) is 6.54 Å². The van der Waals surface area contributed by atoms with E-state index in [1.807, 2.05) is 31.2 Å². The van der Waals surface area contributed by atoms with E-state index in [1.54, 1.807) is 0 Å². The fraction of sp³-hybridized carbons (Fsp3) is 0.429. The Bertz CT molecular complexity index is 362. The summed E-state index contributed by atoms with van der Waals surface area (Å²) in [5.41, 5.74) is 6.66. The van der Waals surface area contributed by atoms with E-state index < -0.39 is 0 Å². The number of rotatable bonds is 6. The molecule has 0 bridgehead atoms. The minimum Gasteiger partial charge on any atom is -0.494 e. The highest BCUT2D eigenvalue weighted by Crippen LogP contribution is 2.13. The minimum absolute atomic E-state index is 0.559. The van der Waals surface area contributed by atoms with Crippen LogP contribution in [0.4, 0.5) is 0 Å². The van der Waals surface area contributed by atoms with Crippen LogP contribution in [0, 0.1) is 11.8 Å². The van der Waals surface area contributed by atoms with E-state index in [4.69, 9.17) is 10.5 Å². The highest BCUT2D eigenvalue weighted by atomic mass is 16.5. The Labute approximate surface area is 97.8 Å². The van der Waals surface area contributed by atoms with Crippen molar-refractivity contribution in [2.45, 2.75) is 32.7 Å². The number of hydrogen-bond acceptors (Lipinski definition) is 2. The molecule has 0 saturated carbocycles. The second-order valence-corrected chi connectivity index (χ2v) is 3.58. The lowest BCUT2D eigenvalue weighted by molar-refractivity contribution is 0.307. The van der Waals surface area contributed by atoms with Gasteiger partial charge in [-0.05, 0) is 37.5 Å². The number of hydrogen-bond donors (Lipinski definition) is 1. The molecule has 1 aromatic carbocycles. The van der Waals surface area contributed by atoms with E-state index in [9.17, 15) is 0 Å². The van der Waals surface area contributed by atoms with Crippen molar-refractivity contribution >= 4 is 0 Å². The van der Waals surface area contributed by atoms with E-state index >= 15 is 0 Å². The second-order valence-electron chi connectivity index (χ2n) is 3.58. The maximum atomic E-state index is 5.62. The SMILES string of the molecule is CC#CCCCCOc1cccc(CN)c1. The van der Waals surface area contributed by atoms with Gasteiger partial charge in [-0.1, -0.05) is 12.1 Å². The summed E-state index contributed by atoms with van der Waals surface area (Å²) in [5.74, 6) is 6.84. The van der Waals surface area contributed by atoms with E-state index in [0.717, 1.165) is 37.2 Å². The van der Waals surface area contributed by atoms with Gasteiger partial charge in [0, 0.05) is 13.0 Å². The summed E-state index contributed by atoms with van der Waals surface area (Å²) in [7, 11) is 0. The molecule has 0 amide bonds. The summed E-state index contributed by atoms with van der Waals surface area (Å²) in [6.45, 7) is 3.18. The molecule has 16 heavy (non-hydrogen) atoms. The summed E-state index contributed by atoms with van der Waals surface area (Å²) in [4.78, 5) is 0. The molecule has 0 spiro atoms. The number of unbranched alkanes of at least 4 members (excludes halogenated alkanes) is 2. The summed E-state index contributed by atoms with van der Waals surface area (Å²) in [6, 6.07) is 7.93. The van der Waals surface area contributed by atoms with Gasteiger partial charge in [0.1, 0.15) is 5.75 Å². The van der Waals surface area contributed by atoms with Crippen LogP contribution in [0.25, 0.3) is 0 Å². The first kappa shape index (κ1) is 12.6. The summed E-state index contributed by atoms with van der Waals surface area (Å²) in [5, 5.41) is 0. The Morgan fingerprint density at radius 1 is 1.31 bits per heavy atom. The second kappa shape index (κ2) is 7.78. The first-order chi connectivity index (χ1) is 7.86. The molecule has 0 fully saturated rings. The molecule has 0 atom stereocenters. The van der Waals surface area contributed by atoms with Gasteiger partial charge in [0.05, 0.1) is 6.61 Å². The van der Waals surface area contributed by atoms with Crippen molar-refractivity contribution in [2.24, 2.45) is 5.73 Å². The van der Waals surface area contributed by atoms with Gasteiger partial charge in [-0.3, -0.25) is 0 Å².